The van der Waals surface area contributed by atoms with E-state index in [1.807, 2.05) is 18.2 Å². The highest BCUT2D eigenvalue weighted by Gasteiger charge is 2.28. The van der Waals surface area contributed by atoms with Gasteiger partial charge in [0.25, 0.3) is 0 Å². The van der Waals surface area contributed by atoms with Crippen LogP contribution in [0.4, 0.5) is 33.2 Å². The Bertz CT molecular complexity index is 1370. The minimum atomic E-state index is -3.69. The molecule has 9 nitrogen and oxygen atoms in total. The van der Waals surface area contributed by atoms with Crippen molar-refractivity contribution in [3.8, 4) is 0 Å². The summed E-state index contributed by atoms with van der Waals surface area (Å²) in [6, 6.07) is 9.96. The van der Waals surface area contributed by atoms with Crippen molar-refractivity contribution in [2.45, 2.75) is 11.4 Å². The number of hydrogen-bond acceptors (Lipinski definition) is 8. The van der Waals surface area contributed by atoms with Gasteiger partial charge in [-0.05, 0) is 41.5 Å². The topological polar surface area (TPSA) is 125 Å². The standard InChI is InChI=1S/C20H15FN6O3S/c21-15-9-23-20(25-13-2-1-11-7-22-8-12(11)5-13)27-19(15)24-14-3-4-17-16(6-14)26-18(28)10-31(17,29)30/h1-6,8-9H,7,10H2,(H,26,28)(H2,23,24,25,27). The summed E-state index contributed by atoms with van der Waals surface area (Å²) in [6.45, 7) is 0.652. The first kappa shape index (κ1) is 19.1. The van der Waals surface area contributed by atoms with Crippen molar-refractivity contribution in [3.05, 3.63) is 59.5 Å². The van der Waals surface area contributed by atoms with Crippen LogP contribution in [0.1, 0.15) is 11.1 Å². The van der Waals surface area contributed by atoms with Crippen molar-refractivity contribution >= 4 is 50.8 Å². The fourth-order valence-electron chi connectivity index (χ4n) is 3.37. The highest BCUT2D eigenvalue weighted by molar-refractivity contribution is 7.92. The lowest BCUT2D eigenvalue weighted by Crippen LogP contribution is -2.29. The summed E-state index contributed by atoms with van der Waals surface area (Å²) in [7, 11) is -3.69. The van der Waals surface area contributed by atoms with Gasteiger partial charge < -0.3 is 16.0 Å². The summed E-state index contributed by atoms with van der Waals surface area (Å²) in [5.74, 6) is -1.85. The van der Waals surface area contributed by atoms with Crippen LogP contribution in [-0.4, -0.2) is 36.3 Å². The maximum atomic E-state index is 14.3. The van der Waals surface area contributed by atoms with E-state index in [0.717, 1.165) is 23.0 Å². The van der Waals surface area contributed by atoms with Crippen molar-refractivity contribution in [3.63, 3.8) is 0 Å². The van der Waals surface area contributed by atoms with Gasteiger partial charge in [-0.25, -0.2) is 17.8 Å². The van der Waals surface area contributed by atoms with E-state index in [1.165, 1.54) is 18.2 Å². The van der Waals surface area contributed by atoms with Crippen LogP contribution in [0, 0.1) is 5.82 Å². The molecule has 0 saturated carbocycles. The number of amides is 1. The Morgan fingerprint density at radius 3 is 2.74 bits per heavy atom. The monoisotopic (exact) mass is 438 g/mol. The fraction of sp³-hybridized carbons (Fsp3) is 0.100. The largest absolute Gasteiger partial charge is 0.338 e. The molecule has 3 heterocycles. The molecular formula is C20H15FN6O3S. The summed E-state index contributed by atoms with van der Waals surface area (Å²) >= 11 is 0. The van der Waals surface area contributed by atoms with E-state index in [1.54, 1.807) is 6.21 Å². The van der Waals surface area contributed by atoms with E-state index >= 15 is 0 Å². The Hall–Kier alpha value is -3.86. The fourth-order valence-corrected chi connectivity index (χ4v) is 4.67. The molecule has 0 spiro atoms. The quantitative estimate of drug-likeness (QED) is 0.572. The number of carbonyl (C=O) groups excluding carboxylic acids is 1. The molecule has 0 atom stereocenters. The number of aliphatic imine (C=N–C) groups is 1. The zero-order chi connectivity index (χ0) is 21.6. The first-order valence-corrected chi connectivity index (χ1v) is 10.9. The number of rotatable bonds is 4. The summed E-state index contributed by atoms with van der Waals surface area (Å²) < 4.78 is 38.5. The number of nitrogens with one attached hydrogen (secondary N) is 3. The molecule has 2 aliphatic heterocycles. The molecule has 0 aliphatic carbocycles. The molecule has 1 aromatic heterocycles. The highest BCUT2D eigenvalue weighted by Crippen LogP contribution is 2.31. The van der Waals surface area contributed by atoms with Crippen LogP contribution in [0.25, 0.3) is 0 Å². The molecule has 3 aromatic rings. The van der Waals surface area contributed by atoms with E-state index < -0.39 is 27.3 Å². The van der Waals surface area contributed by atoms with Gasteiger partial charge in [0.15, 0.2) is 21.5 Å². The SMILES string of the molecule is O=C1CS(=O)(=O)c2ccc(Nc3nc(Nc4ccc5c(c4)C=NC5)ncc3F)cc2N1. The molecule has 5 rings (SSSR count). The molecule has 0 unspecified atom stereocenters. The smallest absolute Gasteiger partial charge is 0.239 e. The number of aromatic nitrogens is 2. The average molecular weight is 438 g/mol. The maximum Gasteiger partial charge on any atom is 0.239 e. The van der Waals surface area contributed by atoms with Crippen molar-refractivity contribution < 1.29 is 17.6 Å². The van der Waals surface area contributed by atoms with Gasteiger partial charge in [0.1, 0.15) is 5.75 Å². The van der Waals surface area contributed by atoms with Crippen molar-refractivity contribution in [1.29, 1.82) is 0 Å². The second-order valence-electron chi connectivity index (χ2n) is 7.04. The van der Waals surface area contributed by atoms with Crippen LogP contribution >= 0.6 is 0 Å². The third-order valence-electron chi connectivity index (χ3n) is 4.81. The van der Waals surface area contributed by atoms with Crippen LogP contribution in [0.3, 0.4) is 0 Å². The molecule has 1 amide bonds. The van der Waals surface area contributed by atoms with Crippen molar-refractivity contribution in [2.24, 2.45) is 4.99 Å². The molecule has 31 heavy (non-hydrogen) atoms. The van der Waals surface area contributed by atoms with Gasteiger partial charge >= 0.3 is 0 Å². The lowest BCUT2D eigenvalue weighted by molar-refractivity contribution is -0.114. The molecule has 2 aliphatic rings. The number of halogens is 1. The number of anilines is 5. The first-order valence-electron chi connectivity index (χ1n) is 9.23. The Morgan fingerprint density at radius 2 is 1.87 bits per heavy atom. The number of hydrogen-bond donors (Lipinski definition) is 3. The van der Waals surface area contributed by atoms with Crippen molar-refractivity contribution in [2.75, 3.05) is 21.7 Å². The third-order valence-corrected chi connectivity index (χ3v) is 6.48. The van der Waals surface area contributed by atoms with Gasteiger partial charge in [0.05, 0.1) is 23.3 Å². The van der Waals surface area contributed by atoms with Crippen LogP contribution in [0.15, 0.2) is 52.5 Å². The summed E-state index contributed by atoms with van der Waals surface area (Å²) in [4.78, 5) is 24.0. The minimum absolute atomic E-state index is 0.0170. The van der Waals surface area contributed by atoms with E-state index in [0.29, 0.717) is 12.2 Å². The molecule has 11 heteroatoms. The lowest BCUT2D eigenvalue weighted by Gasteiger charge is -2.18. The zero-order valence-electron chi connectivity index (χ0n) is 15.9. The summed E-state index contributed by atoms with van der Waals surface area (Å²) in [6.07, 6.45) is 2.81. The van der Waals surface area contributed by atoms with Gasteiger partial charge in [-0.3, -0.25) is 9.79 Å². The molecule has 0 bridgehead atoms. The number of benzene rings is 2. The van der Waals surface area contributed by atoms with Gasteiger partial charge in [0, 0.05) is 17.6 Å². The van der Waals surface area contributed by atoms with Crippen LogP contribution in [0.2, 0.25) is 0 Å². The van der Waals surface area contributed by atoms with Crippen molar-refractivity contribution in [1.82, 2.24) is 9.97 Å². The van der Waals surface area contributed by atoms with Gasteiger partial charge in [-0.15, -0.1) is 0 Å². The number of sulfone groups is 1. The average Bonchev–Trinajstić information content (AvgIpc) is 3.17. The summed E-state index contributed by atoms with van der Waals surface area (Å²) in [5, 5.41) is 8.34. The molecule has 0 radical (unpaired) electrons. The normalized spacial score (nSPS) is 15.7. The van der Waals surface area contributed by atoms with E-state index in [-0.39, 0.29) is 22.3 Å². The first-order chi connectivity index (χ1) is 14.9. The predicted molar refractivity (Wildman–Crippen MR) is 113 cm³/mol. The van der Waals surface area contributed by atoms with Gasteiger partial charge in [-0.1, -0.05) is 6.07 Å². The molecule has 0 fully saturated rings. The maximum absolute atomic E-state index is 14.3. The second kappa shape index (κ2) is 7.13. The third kappa shape index (κ3) is 3.70. The Kier molecular flexibility index (Phi) is 4.40. The second-order valence-corrected chi connectivity index (χ2v) is 9.00. The number of fused-ring (bicyclic) bond motifs is 2. The van der Waals surface area contributed by atoms with Crippen LogP contribution < -0.4 is 16.0 Å². The Labute approximate surface area is 176 Å². The summed E-state index contributed by atoms with van der Waals surface area (Å²) in [5.41, 5.74) is 3.33. The van der Waals surface area contributed by atoms with E-state index in [9.17, 15) is 17.6 Å². The van der Waals surface area contributed by atoms with E-state index in [2.05, 4.69) is 30.9 Å². The van der Waals surface area contributed by atoms with E-state index in [4.69, 9.17) is 0 Å². The molecule has 156 valence electrons. The molecular weight excluding hydrogens is 423 g/mol. The minimum Gasteiger partial charge on any atom is -0.338 e. The number of carbonyl (C=O) groups is 1. The molecule has 0 saturated heterocycles. The predicted octanol–water partition coefficient (Wildman–Crippen LogP) is 2.76. The molecule has 2 aromatic carbocycles. The highest BCUT2D eigenvalue weighted by atomic mass is 32.2. The molecule has 3 N–H and O–H groups in total. The number of nitrogens with zero attached hydrogens (tertiary/aromatic N) is 3. The lowest BCUT2D eigenvalue weighted by atomic mass is 10.1. The van der Waals surface area contributed by atoms with Gasteiger partial charge in [0.2, 0.25) is 11.9 Å². The van der Waals surface area contributed by atoms with Gasteiger partial charge in [-0.2, -0.15) is 4.98 Å². The zero-order valence-corrected chi connectivity index (χ0v) is 16.7. The van der Waals surface area contributed by atoms with Crippen LogP contribution in [-0.2, 0) is 21.2 Å². The van der Waals surface area contributed by atoms with Crippen LogP contribution in [0.5, 0.6) is 0 Å². The Balaban J connectivity index is 1.41. The Morgan fingerprint density at radius 1 is 1.06 bits per heavy atom.